The molecule has 1 aromatic rings. The molecule has 72 valence electrons. The van der Waals surface area contributed by atoms with E-state index in [2.05, 4.69) is 4.98 Å². The fraction of sp³-hybridized carbons (Fsp3) is 0.375. The van der Waals surface area contributed by atoms with Crippen LogP contribution < -0.4 is 0 Å². The van der Waals surface area contributed by atoms with E-state index in [1.165, 1.54) is 13.0 Å². The lowest BCUT2D eigenvalue weighted by atomic mass is 10.1. The molecule has 0 aliphatic rings. The molecule has 0 radical (unpaired) electrons. The molecule has 0 saturated carbocycles. The monoisotopic (exact) mass is 209 g/mol. The largest absolute Gasteiger partial charge is 0.418 e. The van der Waals surface area contributed by atoms with Crippen molar-refractivity contribution in [3.63, 3.8) is 0 Å². The molecule has 13 heavy (non-hydrogen) atoms. The zero-order valence-corrected chi connectivity index (χ0v) is 7.58. The smallest absolute Gasteiger partial charge is 0.259 e. The first-order valence-electron chi connectivity index (χ1n) is 3.54. The molecule has 0 saturated heterocycles. The van der Waals surface area contributed by atoms with E-state index >= 15 is 0 Å². The second-order valence-corrected chi connectivity index (χ2v) is 2.89. The lowest BCUT2D eigenvalue weighted by molar-refractivity contribution is -0.138. The molecule has 0 aromatic carbocycles. The van der Waals surface area contributed by atoms with Gasteiger partial charge in [0.05, 0.1) is 17.1 Å². The van der Waals surface area contributed by atoms with Crippen LogP contribution >= 0.6 is 11.6 Å². The Morgan fingerprint density at radius 3 is 2.46 bits per heavy atom. The summed E-state index contributed by atoms with van der Waals surface area (Å²) in [5.74, 6) is 0.124. The molecule has 0 bridgehead atoms. The summed E-state index contributed by atoms with van der Waals surface area (Å²) in [4.78, 5) is 3.57. The van der Waals surface area contributed by atoms with Crippen molar-refractivity contribution in [1.29, 1.82) is 0 Å². The summed E-state index contributed by atoms with van der Waals surface area (Å²) in [5.41, 5.74) is -0.105. The van der Waals surface area contributed by atoms with Crippen LogP contribution in [0.4, 0.5) is 13.2 Å². The molecule has 0 spiro atoms. The second-order valence-electron chi connectivity index (χ2n) is 2.62. The van der Waals surface area contributed by atoms with Gasteiger partial charge >= 0.3 is 6.18 Å². The van der Waals surface area contributed by atoms with Gasteiger partial charge in [0, 0.05) is 6.20 Å². The van der Waals surface area contributed by atoms with Crippen molar-refractivity contribution >= 4 is 11.6 Å². The van der Waals surface area contributed by atoms with Gasteiger partial charge in [0.1, 0.15) is 0 Å². The van der Waals surface area contributed by atoms with Gasteiger partial charge in [-0.25, -0.2) is 0 Å². The summed E-state index contributed by atoms with van der Waals surface area (Å²) < 4.78 is 36.6. The van der Waals surface area contributed by atoms with Gasteiger partial charge in [0.2, 0.25) is 0 Å². The van der Waals surface area contributed by atoms with Crippen molar-refractivity contribution in [1.82, 2.24) is 4.98 Å². The van der Waals surface area contributed by atoms with Crippen LogP contribution in [0.25, 0.3) is 0 Å². The molecule has 0 aliphatic carbocycles. The van der Waals surface area contributed by atoms with Crippen molar-refractivity contribution in [2.45, 2.75) is 19.0 Å². The third-order valence-corrected chi connectivity index (χ3v) is 1.88. The predicted octanol–water partition coefficient (Wildman–Crippen LogP) is 3.15. The third-order valence-electron chi connectivity index (χ3n) is 1.61. The van der Waals surface area contributed by atoms with Gasteiger partial charge in [-0.05, 0) is 18.6 Å². The van der Waals surface area contributed by atoms with Crippen molar-refractivity contribution in [3.05, 3.63) is 29.1 Å². The van der Waals surface area contributed by atoms with E-state index in [-0.39, 0.29) is 11.4 Å². The number of pyridine rings is 1. The van der Waals surface area contributed by atoms with Gasteiger partial charge < -0.3 is 0 Å². The predicted molar refractivity (Wildman–Crippen MR) is 43.5 cm³/mol. The molecule has 0 amide bonds. The highest BCUT2D eigenvalue weighted by Crippen LogP contribution is 2.31. The first-order chi connectivity index (χ1) is 5.95. The molecule has 1 nitrogen and oxygen atoms in total. The summed E-state index contributed by atoms with van der Waals surface area (Å²) >= 11 is 5.42. The van der Waals surface area contributed by atoms with Crippen molar-refractivity contribution in [2.24, 2.45) is 0 Å². The zero-order chi connectivity index (χ0) is 10.1. The molecular formula is C8H7ClF3N. The minimum Gasteiger partial charge on any atom is -0.259 e. The van der Waals surface area contributed by atoms with Gasteiger partial charge in [-0.15, -0.1) is 11.6 Å². The van der Waals surface area contributed by atoms with E-state index < -0.39 is 11.7 Å². The van der Waals surface area contributed by atoms with Crippen LogP contribution in [0.2, 0.25) is 0 Å². The Balaban J connectivity index is 3.13. The maximum absolute atomic E-state index is 12.2. The highest BCUT2D eigenvalue weighted by Gasteiger charge is 2.32. The number of nitrogens with zero attached hydrogens (tertiary/aromatic N) is 1. The molecule has 0 N–H and O–H groups in total. The number of rotatable bonds is 1. The van der Waals surface area contributed by atoms with E-state index in [9.17, 15) is 13.2 Å². The first kappa shape index (κ1) is 10.3. The van der Waals surface area contributed by atoms with Crippen LogP contribution in [-0.2, 0) is 12.1 Å². The van der Waals surface area contributed by atoms with Gasteiger partial charge in [-0.1, -0.05) is 0 Å². The number of hydrogen-bond donors (Lipinski definition) is 0. The summed E-state index contributed by atoms with van der Waals surface area (Å²) in [6, 6.07) is 1.34. The van der Waals surface area contributed by atoms with Gasteiger partial charge in [0.25, 0.3) is 0 Å². The Hall–Kier alpha value is -0.770. The van der Waals surface area contributed by atoms with Crippen LogP contribution in [0.3, 0.4) is 0 Å². The Labute approximate surface area is 78.5 Å². The quantitative estimate of drug-likeness (QED) is 0.648. The van der Waals surface area contributed by atoms with Crippen molar-refractivity contribution < 1.29 is 13.2 Å². The topological polar surface area (TPSA) is 12.9 Å². The average molecular weight is 210 g/mol. The molecule has 0 unspecified atom stereocenters. The minimum absolute atomic E-state index is 0.124. The molecule has 5 heteroatoms. The Kier molecular flexibility index (Phi) is 2.81. The Morgan fingerprint density at radius 1 is 1.46 bits per heavy atom. The number of halogens is 4. The summed E-state index contributed by atoms with van der Waals surface area (Å²) in [5, 5.41) is 0. The van der Waals surface area contributed by atoms with E-state index in [4.69, 9.17) is 11.6 Å². The standard InChI is InChI=1S/C8H7ClF3N/c1-5-2-6(3-9)13-4-7(5)8(10,11)12/h2,4H,3H2,1H3. The van der Waals surface area contributed by atoms with Crippen LogP contribution in [-0.4, -0.2) is 4.98 Å². The normalized spacial score (nSPS) is 11.8. The highest BCUT2D eigenvalue weighted by atomic mass is 35.5. The Morgan fingerprint density at radius 2 is 2.08 bits per heavy atom. The summed E-state index contributed by atoms with van der Waals surface area (Å²) in [7, 11) is 0. The molecule has 1 rings (SSSR count). The third kappa shape index (κ3) is 2.34. The number of alkyl halides is 4. The minimum atomic E-state index is -4.33. The van der Waals surface area contributed by atoms with Gasteiger partial charge in [0.15, 0.2) is 0 Å². The molecule has 0 aliphatic heterocycles. The summed E-state index contributed by atoms with van der Waals surface area (Å²) in [6.07, 6.45) is -3.52. The number of aryl methyl sites for hydroxylation is 1. The summed E-state index contributed by atoms with van der Waals surface area (Å²) in [6.45, 7) is 1.39. The maximum atomic E-state index is 12.2. The lowest BCUT2D eigenvalue weighted by Crippen LogP contribution is -2.08. The number of hydrogen-bond acceptors (Lipinski definition) is 1. The average Bonchev–Trinajstić information content (AvgIpc) is 2.01. The SMILES string of the molecule is Cc1cc(CCl)ncc1C(F)(F)F. The van der Waals surface area contributed by atoms with Crippen LogP contribution in [0.15, 0.2) is 12.3 Å². The molecule has 0 fully saturated rings. The van der Waals surface area contributed by atoms with Gasteiger partial charge in [-0.2, -0.15) is 13.2 Å². The molecule has 0 atom stereocenters. The molecular weight excluding hydrogens is 203 g/mol. The number of aromatic nitrogens is 1. The maximum Gasteiger partial charge on any atom is 0.418 e. The van der Waals surface area contributed by atoms with Gasteiger partial charge in [-0.3, -0.25) is 4.98 Å². The fourth-order valence-corrected chi connectivity index (χ4v) is 1.13. The van der Waals surface area contributed by atoms with Crippen LogP contribution in [0, 0.1) is 6.92 Å². The van der Waals surface area contributed by atoms with E-state index in [1.54, 1.807) is 0 Å². The first-order valence-corrected chi connectivity index (χ1v) is 4.07. The second kappa shape index (κ2) is 3.54. The Bertz CT molecular complexity index is 309. The molecule has 1 heterocycles. The van der Waals surface area contributed by atoms with Crippen molar-refractivity contribution in [2.75, 3.05) is 0 Å². The van der Waals surface area contributed by atoms with Crippen LogP contribution in [0.1, 0.15) is 16.8 Å². The van der Waals surface area contributed by atoms with Crippen molar-refractivity contribution in [3.8, 4) is 0 Å². The lowest BCUT2D eigenvalue weighted by Gasteiger charge is -2.09. The zero-order valence-electron chi connectivity index (χ0n) is 6.82. The van der Waals surface area contributed by atoms with E-state index in [1.807, 2.05) is 0 Å². The molecule has 1 aromatic heterocycles. The van der Waals surface area contributed by atoms with E-state index in [0.717, 1.165) is 6.20 Å². The highest BCUT2D eigenvalue weighted by molar-refractivity contribution is 6.16. The fourth-order valence-electron chi connectivity index (χ4n) is 0.984. The van der Waals surface area contributed by atoms with E-state index in [0.29, 0.717) is 5.69 Å². The van der Waals surface area contributed by atoms with Crippen LogP contribution in [0.5, 0.6) is 0 Å².